The van der Waals surface area contributed by atoms with E-state index >= 15 is 0 Å². The molecule has 6 nitrogen and oxygen atoms in total. The Balaban J connectivity index is 4.15. The quantitative estimate of drug-likeness (QED) is 0.717. The van der Waals surface area contributed by atoms with Gasteiger partial charge in [-0.1, -0.05) is 6.92 Å². The lowest BCUT2D eigenvalue weighted by Gasteiger charge is -2.24. The lowest BCUT2D eigenvalue weighted by Crippen LogP contribution is -2.47. The summed E-state index contributed by atoms with van der Waals surface area (Å²) in [4.78, 5) is 22.8. The van der Waals surface area contributed by atoms with Gasteiger partial charge in [-0.15, -0.1) is 0 Å². The zero-order chi connectivity index (χ0) is 15.1. The highest BCUT2D eigenvalue weighted by atomic mass is 16.6. The van der Waals surface area contributed by atoms with Gasteiger partial charge in [0, 0.05) is 12.6 Å². The third-order valence-electron chi connectivity index (χ3n) is 2.44. The molecule has 0 aromatic carbocycles. The summed E-state index contributed by atoms with van der Waals surface area (Å²) in [6, 6.07) is -0.499. The summed E-state index contributed by atoms with van der Waals surface area (Å²) < 4.78 is 9.79. The van der Waals surface area contributed by atoms with Crippen molar-refractivity contribution in [3.63, 3.8) is 0 Å². The molecule has 0 heterocycles. The molecule has 0 fully saturated rings. The van der Waals surface area contributed by atoms with Gasteiger partial charge in [0.15, 0.2) is 0 Å². The number of methoxy groups -OCH3 is 1. The van der Waals surface area contributed by atoms with Crippen LogP contribution in [0.3, 0.4) is 0 Å². The maximum absolute atomic E-state index is 11.6. The van der Waals surface area contributed by atoms with Gasteiger partial charge in [0.2, 0.25) is 0 Å². The van der Waals surface area contributed by atoms with Gasteiger partial charge in [0.25, 0.3) is 0 Å². The van der Waals surface area contributed by atoms with Crippen LogP contribution in [-0.4, -0.2) is 43.4 Å². The van der Waals surface area contributed by atoms with Gasteiger partial charge >= 0.3 is 12.1 Å². The summed E-state index contributed by atoms with van der Waals surface area (Å²) in [5.74, 6) is -0.327. The third-order valence-corrected chi connectivity index (χ3v) is 2.44. The van der Waals surface area contributed by atoms with Crippen molar-refractivity contribution in [2.24, 2.45) is 0 Å². The van der Waals surface area contributed by atoms with Crippen LogP contribution in [0.15, 0.2) is 0 Å². The molecule has 0 aliphatic rings. The molecule has 2 N–H and O–H groups in total. The first kappa shape index (κ1) is 17.7. The summed E-state index contributed by atoms with van der Waals surface area (Å²) in [6.45, 7) is 9.58. The highest BCUT2D eigenvalue weighted by molar-refractivity contribution is 5.75. The fourth-order valence-electron chi connectivity index (χ4n) is 1.35. The third kappa shape index (κ3) is 8.42. The Morgan fingerprint density at radius 2 is 1.84 bits per heavy atom. The van der Waals surface area contributed by atoms with Gasteiger partial charge in [-0.2, -0.15) is 0 Å². The number of hydrogen-bond donors (Lipinski definition) is 2. The minimum absolute atomic E-state index is 0.0954. The van der Waals surface area contributed by atoms with E-state index < -0.39 is 17.7 Å². The van der Waals surface area contributed by atoms with Crippen LogP contribution in [0.2, 0.25) is 0 Å². The molecule has 0 aromatic heterocycles. The zero-order valence-electron chi connectivity index (χ0n) is 12.7. The van der Waals surface area contributed by atoms with E-state index in [9.17, 15) is 9.59 Å². The molecule has 19 heavy (non-hydrogen) atoms. The molecular weight excluding hydrogens is 248 g/mol. The van der Waals surface area contributed by atoms with E-state index in [0.717, 1.165) is 6.42 Å². The van der Waals surface area contributed by atoms with Crippen LogP contribution < -0.4 is 10.6 Å². The van der Waals surface area contributed by atoms with E-state index in [1.165, 1.54) is 7.11 Å². The van der Waals surface area contributed by atoms with Gasteiger partial charge in [-0.3, -0.25) is 4.79 Å². The number of amides is 1. The Morgan fingerprint density at radius 1 is 1.26 bits per heavy atom. The highest BCUT2D eigenvalue weighted by Gasteiger charge is 2.20. The van der Waals surface area contributed by atoms with Crippen molar-refractivity contribution in [1.82, 2.24) is 10.6 Å². The van der Waals surface area contributed by atoms with Crippen molar-refractivity contribution in [3.05, 3.63) is 0 Å². The molecule has 2 atom stereocenters. The lowest BCUT2D eigenvalue weighted by atomic mass is 10.2. The highest BCUT2D eigenvalue weighted by Crippen LogP contribution is 2.07. The Labute approximate surface area is 115 Å². The second kappa shape index (κ2) is 7.99. The summed E-state index contributed by atoms with van der Waals surface area (Å²) in [5.41, 5.74) is -0.519. The van der Waals surface area contributed by atoms with Crippen molar-refractivity contribution in [3.8, 4) is 0 Å². The summed E-state index contributed by atoms with van der Waals surface area (Å²) in [7, 11) is 1.34. The number of hydrogen-bond acceptors (Lipinski definition) is 5. The molecule has 0 rings (SSSR count). The zero-order valence-corrected chi connectivity index (χ0v) is 12.7. The van der Waals surface area contributed by atoms with Crippen LogP contribution in [0.25, 0.3) is 0 Å². The molecule has 0 bridgehead atoms. The predicted molar refractivity (Wildman–Crippen MR) is 72.9 cm³/mol. The van der Waals surface area contributed by atoms with Crippen LogP contribution >= 0.6 is 0 Å². The smallest absolute Gasteiger partial charge is 0.407 e. The number of ether oxygens (including phenoxy) is 2. The van der Waals surface area contributed by atoms with Crippen LogP contribution in [0, 0.1) is 0 Å². The average molecular weight is 274 g/mol. The van der Waals surface area contributed by atoms with E-state index in [2.05, 4.69) is 15.4 Å². The molecule has 0 aliphatic heterocycles. The second-order valence-corrected chi connectivity index (χ2v) is 5.40. The number of carbonyl (C=O) groups is 2. The Morgan fingerprint density at radius 3 is 2.26 bits per heavy atom. The van der Waals surface area contributed by atoms with E-state index in [-0.39, 0.29) is 12.0 Å². The van der Waals surface area contributed by atoms with Crippen molar-refractivity contribution in [2.75, 3.05) is 13.7 Å². The standard InChI is InChI=1S/C13H26N2O4/c1-7-10(8-14-9(2)11(16)18-6)15-12(17)19-13(3,4)5/h9-10,14H,7-8H2,1-6H3,(H,15,17). The summed E-state index contributed by atoms with van der Waals surface area (Å²) >= 11 is 0. The molecule has 0 saturated heterocycles. The van der Waals surface area contributed by atoms with Crippen molar-refractivity contribution < 1.29 is 19.1 Å². The first-order valence-electron chi connectivity index (χ1n) is 6.50. The largest absolute Gasteiger partial charge is 0.468 e. The fourth-order valence-corrected chi connectivity index (χ4v) is 1.35. The molecule has 0 aromatic rings. The number of rotatable bonds is 6. The van der Waals surface area contributed by atoms with Crippen molar-refractivity contribution in [2.45, 2.75) is 58.7 Å². The second-order valence-electron chi connectivity index (χ2n) is 5.40. The SMILES string of the molecule is CCC(CNC(C)C(=O)OC)NC(=O)OC(C)(C)C. The lowest BCUT2D eigenvalue weighted by molar-refractivity contribution is -0.142. The monoisotopic (exact) mass is 274 g/mol. The van der Waals surface area contributed by atoms with E-state index in [0.29, 0.717) is 6.54 Å². The number of esters is 1. The van der Waals surface area contributed by atoms with E-state index in [4.69, 9.17) is 4.74 Å². The molecule has 0 saturated carbocycles. The van der Waals surface area contributed by atoms with Gasteiger partial charge in [0.1, 0.15) is 11.6 Å². The fraction of sp³-hybridized carbons (Fsp3) is 0.846. The topological polar surface area (TPSA) is 76.7 Å². The molecule has 0 spiro atoms. The molecule has 0 aliphatic carbocycles. The molecule has 2 unspecified atom stereocenters. The molecule has 112 valence electrons. The van der Waals surface area contributed by atoms with Crippen LogP contribution in [0.4, 0.5) is 4.79 Å². The van der Waals surface area contributed by atoms with Gasteiger partial charge in [-0.05, 0) is 34.1 Å². The van der Waals surface area contributed by atoms with Crippen molar-refractivity contribution >= 4 is 12.1 Å². The predicted octanol–water partition coefficient (Wildman–Crippen LogP) is 1.44. The number of alkyl carbamates (subject to hydrolysis) is 1. The molecule has 6 heteroatoms. The molecular formula is C13H26N2O4. The van der Waals surface area contributed by atoms with Gasteiger partial charge in [0.05, 0.1) is 7.11 Å². The normalized spacial score (nSPS) is 14.4. The van der Waals surface area contributed by atoms with Gasteiger partial charge < -0.3 is 20.1 Å². The van der Waals surface area contributed by atoms with Gasteiger partial charge in [-0.25, -0.2) is 4.79 Å². The number of carbonyl (C=O) groups excluding carboxylic acids is 2. The van der Waals surface area contributed by atoms with Crippen LogP contribution in [0.1, 0.15) is 41.0 Å². The Hall–Kier alpha value is -1.30. The average Bonchev–Trinajstić information content (AvgIpc) is 2.30. The maximum Gasteiger partial charge on any atom is 0.407 e. The van der Waals surface area contributed by atoms with E-state index in [1.54, 1.807) is 6.92 Å². The summed E-state index contributed by atoms with van der Waals surface area (Å²) in [5, 5.41) is 5.77. The molecule has 0 radical (unpaired) electrons. The first-order chi connectivity index (χ1) is 8.69. The van der Waals surface area contributed by atoms with Crippen LogP contribution in [0.5, 0.6) is 0 Å². The Bertz CT molecular complexity index is 300. The number of nitrogens with one attached hydrogen (secondary N) is 2. The molecule has 1 amide bonds. The van der Waals surface area contributed by atoms with E-state index in [1.807, 2.05) is 27.7 Å². The summed E-state index contributed by atoms with van der Waals surface area (Å²) in [6.07, 6.45) is 0.284. The van der Waals surface area contributed by atoms with Crippen molar-refractivity contribution in [1.29, 1.82) is 0 Å². The maximum atomic E-state index is 11.6. The first-order valence-corrected chi connectivity index (χ1v) is 6.50. The minimum atomic E-state index is -0.519. The minimum Gasteiger partial charge on any atom is -0.468 e. The Kier molecular flexibility index (Phi) is 7.44. The van der Waals surface area contributed by atoms with Crippen LogP contribution in [-0.2, 0) is 14.3 Å².